The van der Waals surface area contributed by atoms with E-state index in [9.17, 15) is 4.79 Å². The van der Waals surface area contributed by atoms with Gasteiger partial charge in [-0.1, -0.05) is 5.92 Å². The third kappa shape index (κ3) is 5.13. The van der Waals surface area contributed by atoms with E-state index in [1.54, 1.807) is 0 Å². The fourth-order valence-corrected chi connectivity index (χ4v) is 0.427. The Bertz CT molecular complexity index is 155. The highest BCUT2D eigenvalue weighted by Crippen LogP contribution is 1.87. The lowest BCUT2D eigenvalue weighted by molar-refractivity contribution is -0.140. The summed E-state index contributed by atoms with van der Waals surface area (Å²) in [6, 6.07) is 0. The van der Waals surface area contributed by atoms with E-state index < -0.39 is 0 Å². The van der Waals surface area contributed by atoms with Crippen LogP contribution in [-0.4, -0.2) is 19.6 Å². The van der Waals surface area contributed by atoms with Crippen LogP contribution in [0.15, 0.2) is 0 Å². The Labute approximate surface area is 60.5 Å². The van der Waals surface area contributed by atoms with Gasteiger partial charge in [0.25, 0.3) is 0 Å². The van der Waals surface area contributed by atoms with Gasteiger partial charge in [-0.3, -0.25) is 4.79 Å². The van der Waals surface area contributed by atoms with Crippen LogP contribution in [0.4, 0.5) is 0 Å². The Morgan fingerprint density at radius 1 is 1.60 bits per heavy atom. The predicted octanol–water partition coefficient (Wildman–Crippen LogP) is -0.0983. The summed E-state index contributed by atoms with van der Waals surface area (Å²) >= 11 is 0. The van der Waals surface area contributed by atoms with Gasteiger partial charge in [0.15, 0.2) is 0 Å². The van der Waals surface area contributed by atoms with Gasteiger partial charge in [-0.05, 0) is 0 Å². The SMILES string of the molecule is COC(=O)CCC#CCN. The van der Waals surface area contributed by atoms with Crippen LogP contribution >= 0.6 is 0 Å². The molecule has 0 fully saturated rings. The van der Waals surface area contributed by atoms with Crippen molar-refractivity contribution in [3.05, 3.63) is 0 Å². The highest BCUT2D eigenvalue weighted by atomic mass is 16.5. The van der Waals surface area contributed by atoms with Crippen LogP contribution in [0.3, 0.4) is 0 Å². The zero-order chi connectivity index (χ0) is 7.82. The van der Waals surface area contributed by atoms with E-state index in [0.29, 0.717) is 19.4 Å². The second kappa shape index (κ2) is 6.12. The quantitative estimate of drug-likeness (QED) is 0.431. The Hall–Kier alpha value is -1.01. The van der Waals surface area contributed by atoms with Crippen molar-refractivity contribution in [1.82, 2.24) is 0 Å². The molecule has 0 bridgehead atoms. The minimum atomic E-state index is -0.230. The average molecular weight is 141 g/mol. The third-order valence-corrected chi connectivity index (χ3v) is 0.909. The first-order chi connectivity index (χ1) is 4.81. The molecular weight excluding hydrogens is 130 g/mol. The maximum absolute atomic E-state index is 10.5. The van der Waals surface area contributed by atoms with Gasteiger partial charge in [0.2, 0.25) is 0 Å². The fraction of sp³-hybridized carbons (Fsp3) is 0.571. The topological polar surface area (TPSA) is 52.3 Å². The number of methoxy groups -OCH3 is 1. The van der Waals surface area contributed by atoms with Crippen LogP contribution in [0.1, 0.15) is 12.8 Å². The molecule has 0 radical (unpaired) electrons. The molecule has 3 heteroatoms. The average Bonchev–Trinajstić information content (AvgIpc) is 1.98. The predicted molar refractivity (Wildman–Crippen MR) is 38.1 cm³/mol. The van der Waals surface area contributed by atoms with Crippen LogP contribution in [0.5, 0.6) is 0 Å². The number of carbonyl (C=O) groups excluding carboxylic acids is 1. The van der Waals surface area contributed by atoms with Crippen molar-refractivity contribution in [2.75, 3.05) is 13.7 Å². The summed E-state index contributed by atoms with van der Waals surface area (Å²) in [7, 11) is 1.36. The maximum atomic E-state index is 10.5. The molecule has 0 aromatic rings. The van der Waals surface area contributed by atoms with E-state index in [-0.39, 0.29) is 5.97 Å². The van der Waals surface area contributed by atoms with Gasteiger partial charge in [0.1, 0.15) is 0 Å². The van der Waals surface area contributed by atoms with Gasteiger partial charge in [-0.2, -0.15) is 0 Å². The molecule has 0 aliphatic heterocycles. The Morgan fingerprint density at radius 3 is 2.80 bits per heavy atom. The molecule has 0 heterocycles. The molecule has 0 spiro atoms. The van der Waals surface area contributed by atoms with Crippen LogP contribution in [0.2, 0.25) is 0 Å². The van der Waals surface area contributed by atoms with E-state index in [1.165, 1.54) is 7.11 Å². The van der Waals surface area contributed by atoms with Crippen LogP contribution in [0, 0.1) is 11.8 Å². The van der Waals surface area contributed by atoms with Crippen LogP contribution in [0.25, 0.3) is 0 Å². The lowest BCUT2D eigenvalue weighted by Gasteiger charge is -1.91. The Morgan fingerprint density at radius 2 is 2.30 bits per heavy atom. The minimum Gasteiger partial charge on any atom is -0.469 e. The monoisotopic (exact) mass is 141 g/mol. The number of esters is 1. The smallest absolute Gasteiger partial charge is 0.306 e. The van der Waals surface area contributed by atoms with E-state index in [4.69, 9.17) is 5.73 Å². The van der Waals surface area contributed by atoms with Gasteiger partial charge < -0.3 is 10.5 Å². The second-order valence-electron chi connectivity index (χ2n) is 1.63. The lowest BCUT2D eigenvalue weighted by atomic mass is 10.3. The molecule has 0 unspecified atom stereocenters. The summed E-state index contributed by atoms with van der Waals surface area (Å²) in [6.07, 6.45) is 0.882. The van der Waals surface area contributed by atoms with Crippen LogP contribution < -0.4 is 5.73 Å². The van der Waals surface area contributed by atoms with Gasteiger partial charge >= 0.3 is 5.97 Å². The zero-order valence-corrected chi connectivity index (χ0v) is 6.02. The summed E-state index contributed by atoms with van der Waals surface area (Å²) in [5.74, 6) is 5.14. The van der Waals surface area contributed by atoms with E-state index in [2.05, 4.69) is 16.6 Å². The van der Waals surface area contributed by atoms with E-state index >= 15 is 0 Å². The Kier molecular flexibility index (Phi) is 5.50. The molecule has 0 aromatic carbocycles. The highest BCUT2D eigenvalue weighted by molar-refractivity contribution is 5.69. The first-order valence-corrected chi connectivity index (χ1v) is 3.04. The summed E-state index contributed by atoms with van der Waals surface area (Å²) in [5.41, 5.74) is 5.09. The van der Waals surface area contributed by atoms with Crippen molar-refractivity contribution >= 4 is 5.97 Å². The molecule has 3 nitrogen and oxygen atoms in total. The zero-order valence-electron chi connectivity index (χ0n) is 6.02. The normalized spacial score (nSPS) is 7.80. The summed E-state index contributed by atoms with van der Waals surface area (Å²) in [4.78, 5) is 10.5. The molecule has 2 N–H and O–H groups in total. The number of hydrogen-bond acceptors (Lipinski definition) is 3. The molecule has 0 rings (SSSR count). The first kappa shape index (κ1) is 8.99. The number of nitrogens with two attached hydrogens (primary N) is 1. The number of rotatable bonds is 2. The van der Waals surface area contributed by atoms with Gasteiger partial charge in [0.05, 0.1) is 20.1 Å². The molecule has 56 valence electrons. The molecule has 0 aliphatic carbocycles. The molecule has 0 amide bonds. The summed E-state index contributed by atoms with van der Waals surface area (Å²) in [5, 5.41) is 0. The van der Waals surface area contributed by atoms with Crippen molar-refractivity contribution in [3.63, 3.8) is 0 Å². The summed E-state index contributed by atoms with van der Waals surface area (Å²) in [6.45, 7) is 0.348. The molecule has 0 saturated carbocycles. The molecule has 0 aromatic heterocycles. The van der Waals surface area contributed by atoms with Crippen molar-refractivity contribution in [2.45, 2.75) is 12.8 Å². The van der Waals surface area contributed by atoms with Gasteiger partial charge in [0, 0.05) is 6.42 Å². The van der Waals surface area contributed by atoms with E-state index in [1.807, 2.05) is 0 Å². The molecule has 10 heavy (non-hydrogen) atoms. The summed E-state index contributed by atoms with van der Waals surface area (Å²) < 4.78 is 4.39. The number of hydrogen-bond donors (Lipinski definition) is 1. The van der Waals surface area contributed by atoms with Crippen LogP contribution in [-0.2, 0) is 9.53 Å². The fourth-order valence-electron chi connectivity index (χ4n) is 0.427. The van der Waals surface area contributed by atoms with Crippen molar-refractivity contribution in [2.24, 2.45) is 5.73 Å². The lowest BCUT2D eigenvalue weighted by Crippen LogP contribution is -1.98. The largest absolute Gasteiger partial charge is 0.469 e. The minimum absolute atomic E-state index is 0.230. The maximum Gasteiger partial charge on any atom is 0.306 e. The van der Waals surface area contributed by atoms with Crippen molar-refractivity contribution < 1.29 is 9.53 Å². The van der Waals surface area contributed by atoms with Crippen molar-refractivity contribution in [3.8, 4) is 11.8 Å². The van der Waals surface area contributed by atoms with E-state index in [0.717, 1.165) is 0 Å². The van der Waals surface area contributed by atoms with Crippen molar-refractivity contribution in [1.29, 1.82) is 0 Å². The molecule has 0 saturated heterocycles. The molecule has 0 aliphatic rings. The standard InChI is InChI=1S/C7H11NO2/c1-10-7(9)5-3-2-4-6-8/h3,5-6,8H2,1H3. The van der Waals surface area contributed by atoms with Gasteiger partial charge in [-0.15, -0.1) is 5.92 Å². The van der Waals surface area contributed by atoms with Gasteiger partial charge in [-0.25, -0.2) is 0 Å². The Balaban J connectivity index is 3.27. The third-order valence-electron chi connectivity index (χ3n) is 0.909. The molecular formula is C7H11NO2. The highest BCUT2D eigenvalue weighted by Gasteiger charge is 1.94. The number of carbonyl (C=O) groups is 1. The number of ether oxygens (including phenoxy) is 1. The first-order valence-electron chi connectivity index (χ1n) is 3.04. The second-order valence-corrected chi connectivity index (χ2v) is 1.63. The molecule has 0 atom stereocenters.